The summed E-state index contributed by atoms with van der Waals surface area (Å²) >= 11 is 6.14. The minimum Gasteiger partial charge on any atom is -0.447 e. The van der Waals surface area contributed by atoms with Crippen LogP contribution in [0.3, 0.4) is 0 Å². The second-order valence-electron chi connectivity index (χ2n) is 9.49. The largest absolute Gasteiger partial charge is 0.447 e. The zero-order valence-electron chi connectivity index (χ0n) is 20.1. The summed E-state index contributed by atoms with van der Waals surface area (Å²) in [5, 5.41) is 15.1. The number of rotatable bonds is 7. The summed E-state index contributed by atoms with van der Waals surface area (Å²) in [6.45, 7) is 8.46. The fourth-order valence-electron chi connectivity index (χ4n) is 4.52. The average molecular weight is 492 g/mol. The molecule has 0 bridgehead atoms. The number of aromatic nitrogens is 2. The van der Waals surface area contributed by atoms with Gasteiger partial charge in [-0.25, -0.2) is 4.79 Å². The van der Waals surface area contributed by atoms with Crippen molar-refractivity contribution in [3.05, 3.63) is 35.2 Å². The maximum Gasteiger partial charge on any atom is 0.410 e. The monoisotopic (exact) mass is 491 g/mol. The third-order valence-electron chi connectivity index (χ3n) is 6.26. The smallest absolute Gasteiger partial charge is 0.410 e. The first-order chi connectivity index (χ1) is 16.4. The Bertz CT molecular complexity index is 978. The van der Waals surface area contributed by atoms with Crippen LogP contribution in [0.2, 0.25) is 0 Å². The molecule has 1 aromatic carbocycles. The molecular weight excluding hydrogens is 458 g/mol. The molecule has 1 amide bonds. The summed E-state index contributed by atoms with van der Waals surface area (Å²) in [7, 11) is 0. The van der Waals surface area contributed by atoms with Gasteiger partial charge in [-0.15, -0.1) is 16.7 Å². The van der Waals surface area contributed by atoms with Crippen LogP contribution in [0.1, 0.15) is 63.2 Å². The van der Waals surface area contributed by atoms with E-state index in [1.165, 1.54) is 0 Å². The van der Waals surface area contributed by atoms with Gasteiger partial charge in [-0.05, 0) is 63.6 Å². The Balaban J connectivity index is 1.56. The van der Waals surface area contributed by atoms with Crippen molar-refractivity contribution in [2.24, 2.45) is 0 Å². The number of piperazine rings is 1. The topological polar surface area (TPSA) is 102 Å². The lowest BCUT2D eigenvalue weighted by Gasteiger charge is -2.45. The van der Waals surface area contributed by atoms with E-state index in [2.05, 4.69) is 33.8 Å². The van der Waals surface area contributed by atoms with Gasteiger partial charge in [0.1, 0.15) is 6.10 Å². The summed E-state index contributed by atoms with van der Waals surface area (Å²) in [5.74, 6) is 0.887. The van der Waals surface area contributed by atoms with Crippen LogP contribution in [0.25, 0.3) is 0 Å². The normalized spacial score (nSPS) is 23.2. The molecule has 186 valence electrons. The first kappa shape index (κ1) is 24.8. The van der Waals surface area contributed by atoms with E-state index in [1.54, 1.807) is 0 Å². The Morgan fingerprint density at radius 1 is 1.38 bits per heavy atom. The molecule has 0 spiro atoms. The number of nitrogens with zero attached hydrogens (tertiary/aromatic N) is 3. The van der Waals surface area contributed by atoms with Crippen LogP contribution in [-0.2, 0) is 21.8 Å². The molecule has 10 heteroatoms. The van der Waals surface area contributed by atoms with Gasteiger partial charge in [0.15, 0.2) is 0 Å². The number of anilines is 2. The average Bonchev–Trinajstić information content (AvgIpc) is 3.29. The maximum absolute atomic E-state index is 12.9. The lowest BCUT2D eigenvalue weighted by molar-refractivity contribution is -0.00117. The van der Waals surface area contributed by atoms with Crippen molar-refractivity contribution in [1.82, 2.24) is 20.4 Å². The van der Waals surface area contributed by atoms with Gasteiger partial charge in [0.25, 0.3) is 0 Å². The molecule has 2 saturated heterocycles. The highest BCUT2D eigenvalue weighted by Crippen LogP contribution is 2.32. The number of halogens is 1. The van der Waals surface area contributed by atoms with E-state index in [1.807, 2.05) is 30.9 Å². The Labute approximate surface area is 205 Å². The van der Waals surface area contributed by atoms with Crippen LogP contribution in [0, 0.1) is 0 Å². The third-order valence-corrected chi connectivity index (χ3v) is 6.57. The molecule has 0 saturated carbocycles. The zero-order valence-corrected chi connectivity index (χ0v) is 20.9. The number of amides is 1. The number of carbonyl (C=O) groups excluding carboxylic acids is 1. The molecule has 1 unspecified atom stereocenters. The number of ether oxygens (including phenoxy) is 2. The number of carbonyl (C=O) groups is 1. The van der Waals surface area contributed by atoms with Crippen molar-refractivity contribution in [3.63, 3.8) is 0 Å². The van der Waals surface area contributed by atoms with Crippen LogP contribution in [0.15, 0.2) is 22.6 Å². The second-order valence-corrected chi connectivity index (χ2v) is 9.75. The van der Waals surface area contributed by atoms with E-state index < -0.39 is 5.54 Å². The number of nitrogens with one attached hydrogen (secondary N) is 2. The van der Waals surface area contributed by atoms with Crippen LogP contribution in [-0.4, -0.2) is 59.1 Å². The highest BCUT2D eigenvalue weighted by Gasteiger charge is 2.39. The summed E-state index contributed by atoms with van der Waals surface area (Å²) < 4.78 is 17.2. The lowest BCUT2D eigenvalue weighted by atomic mass is 9.88. The van der Waals surface area contributed by atoms with Crippen molar-refractivity contribution >= 4 is 29.4 Å². The number of benzene rings is 1. The van der Waals surface area contributed by atoms with E-state index in [9.17, 15) is 4.79 Å². The Morgan fingerprint density at radius 3 is 2.97 bits per heavy atom. The Morgan fingerprint density at radius 2 is 2.24 bits per heavy atom. The van der Waals surface area contributed by atoms with Gasteiger partial charge in [-0.3, -0.25) is 4.90 Å². The number of alkyl halides is 1. The van der Waals surface area contributed by atoms with Crippen molar-refractivity contribution in [2.75, 3.05) is 31.6 Å². The molecule has 2 N–H and O–H groups in total. The summed E-state index contributed by atoms with van der Waals surface area (Å²) in [6, 6.07) is 6.30. The second kappa shape index (κ2) is 10.9. The van der Waals surface area contributed by atoms with Crippen molar-refractivity contribution in [3.8, 4) is 0 Å². The molecule has 2 atom stereocenters. The summed E-state index contributed by atoms with van der Waals surface area (Å²) in [4.78, 5) is 14.7. The standard InChI is InChI=1S/C24H34ClN5O4/c1-16(2)33-23(31)30-10-9-26-15-24(30,3)13-18-12-17(14-25)7-8-19(18)27-22-29-28-21(34-22)20-6-4-5-11-32-20/h7-8,12,16,20,26H,4-6,9-11,13-15H2,1-3H3,(H,27,29)/t20?,24-/m0/s1. The minimum absolute atomic E-state index is 0.150. The van der Waals surface area contributed by atoms with Gasteiger partial charge < -0.3 is 24.5 Å². The predicted octanol–water partition coefficient (Wildman–Crippen LogP) is 4.55. The van der Waals surface area contributed by atoms with Crippen molar-refractivity contribution in [2.45, 2.75) is 70.1 Å². The Hall–Kier alpha value is -2.36. The van der Waals surface area contributed by atoms with E-state index in [0.29, 0.717) is 43.9 Å². The van der Waals surface area contributed by atoms with Gasteiger partial charge in [0.05, 0.1) is 11.6 Å². The Kier molecular flexibility index (Phi) is 7.95. The number of hydrogen-bond acceptors (Lipinski definition) is 8. The van der Waals surface area contributed by atoms with Crippen LogP contribution < -0.4 is 10.6 Å². The molecule has 2 aromatic rings. The first-order valence-corrected chi connectivity index (χ1v) is 12.5. The van der Waals surface area contributed by atoms with Crippen LogP contribution in [0.4, 0.5) is 16.5 Å². The first-order valence-electron chi connectivity index (χ1n) is 12.0. The third kappa shape index (κ3) is 5.82. The molecule has 2 aliphatic heterocycles. The van der Waals surface area contributed by atoms with Gasteiger partial charge in [0, 0.05) is 37.8 Å². The molecule has 9 nitrogen and oxygen atoms in total. The van der Waals surface area contributed by atoms with E-state index >= 15 is 0 Å². The molecule has 1 aromatic heterocycles. The molecule has 2 fully saturated rings. The van der Waals surface area contributed by atoms with Gasteiger partial charge in [0.2, 0.25) is 5.89 Å². The quantitative estimate of drug-likeness (QED) is 0.544. The van der Waals surface area contributed by atoms with Gasteiger partial charge in [-0.1, -0.05) is 17.2 Å². The van der Waals surface area contributed by atoms with Crippen LogP contribution in [0.5, 0.6) is 0 Å². The van der Waals surface area contributed by atoms with Crippen LogP contribution >= 0.6 is 11.6 Å². The molecule has 0 aliphatic carbocycles. The minimum atomic E-state index is -0.485. The van der Waals surface area contributed by atoms with Gasteiger partial charge in [-0.2, -0.15) is 0 Å². The fourth-order valence-corrected chi connectivity index (χ4v) is 4.69. The fraction of sp³-hybridized carbons (Fsp3) is 0.625. The van der Waals surface area contributed by atoms with E-state index in [-0.39, 0.29) is 18.3 Å². The van der Waals surface area contributed by atoms with E-state index in [0.717, 1.165) is 42.6 Å². The molecule has 3 heterocycles. The highest BCUT2D eigenvalue weighted by molar-refractivity contribution is 6.17. The van der Waals surface area contributed by atoms with Gasteiger partial charge >= 0.3 is 12.1 Å². The molecule has 4 rings (SSSR count). The SMILES string of the molecule is CC(C)OC(=O)N1CCNC[C@]1(C)Cc1cc(CCl)ccc1Nc1nnc(C2CCCCO2)o1. The molecule has 0 radical (unpaired) electrons. The highest BCUT2D eigenvalue weighted by atomic mass is 35.5. The summed E-state index contributed by atoms with van der Waals surface area (Å²) in [6.07, 6.45) is 2.99. The predicted molar refractivity (Wildman–Crippen MR) is 129 cm³/mol. The number of hydrogen-bond donors (Lipinski definition) is 2. The molecule has 2 aliphatic rings. The van der Waals surface area contributed by atoms with E-state index in [4.69, 9.17) is 25.5 Å². The molecular formula is C24H34ClN5O4. The van der Waals surface area contributed by atoms with Crippen molar-refractivity contribution in [1.29, 1.82) is 0 Å². The van der Waals surface area contributed by atoms with Crippen molar-refractivity contribution < 1.29 is 18.7 Å². The lowest BCUT2D eigenvalue weighted by Crippen LogP contribution is -2.62. The zero-order chi connectivity index (χ0) is 24.1. The molecule has 34 heavy (non-hydrogen) atoms. The maximum atomic E-state index is 12.9. The summed E-state index contributed by atoms with van der Waals surface area (Å²) in [5.41, 5.74) is 2.34.